The van der Waals surface area contributed by atoms with Crippen molar-refractivity contribution in [3.05, 3.63) is 46.8 Å². The van der Waals surface area contributed by atoms with Crippen molar-refractivity contribution in [3.8, 4) is 0 Å². The Morgan fingerprint density at radius 3 is 2.42 bits per heavy atom. The summed E-state index contributed by atoms with van der Waals surface area (Å²) >= 11 is 1.29. The van der Waals surface area contributed by atoms with Crippen molar-refractivity contribution in [2.45, 2.75) is 43.6 Å². The molecular formula is C20H23N3O2S. The molecule has 0 saturated carbocycles. The summed E-state index contributed by atoms with van der Waals surface area (Å²) in [7, 11) is 1.70. The van der Waals surface area contributed by atoms with Crippen LogP contribution in [0.5, 0.6) is 0 Å². The quantitative estimate of drug-likeness (QED) is 0.436. The number of aromatic nitrogens is 2. The second-order valence-electron chi connectivity index (χ2n) is 7.47. The molecule has 2 aromatic carbocycles. The van der Waals surface area contributed by atoms with Crippen LogP contribution in [0.2, 0.25) is 0 Å². The molecule has 1 atom stereocenters. The van der Waals surface area contributed by atoms with Crippen molar-refractivity contribution >= 4 is 39.3 Å². The highest BCUT2D eigenvalue weighted by atomic mass is 32.2. The maximum Gasteiger partial charge on any atom is 0.261 e. The first-order chi connectivity index (χ1) is 12.2. The van der Waals surface area contributed by atoms with Crippen LogP contribution in [0.4, 0.5) is 0 Å². The van der Waals surface area contributed by atoms with E-state index in [9.17, 15) is 9.59 Å². The van der Waals surface area contributed by atoms with Gasteiger partial charge in [0.15, 0.2) is 5.16 Å². The summed E-state index contributed by atoms with van der Waals surface area (Å²) in [6.07, 6.45) is 0. The largest absolute Gasteiger partial charge is 0.351 e. The lowest BCUT2D eigenvalue weighted by molar-refractivity contribution is -0.121. The zero-order chi connectivity index (χ0) is 19.1. The molecule has 0 fully saturated rings. The lowest BCUT2D eigenvalue weighted by Gasteiger charge is -2.23. The Bertz CT molecular complexity index is 1050. The third kappa shape index (κ3) is 3.75. The van der Waals surface area contributed by atoms with Gasteiger partial charge in [0, 0.05) is 12.6 Å². The van der Waals surface area contributed by atoms with Gasteiger partial charge in [-0.1, -0.05) is 36.0 Å². The standard InChI is InChI=1S/C20H23N3O2S/c1-12(17(24)22-20(2,3)4)26-19-21-16-11-14-9-7-6-8-13(14)10-15(16)18(25)23(19)5/h6-12H,1-5H3,(H,22,24)/t12-/m0/s1. The maximum atomic E-state index is 12.8. The lowest BCUT2D eigenvalue weighted by Crippen LogP contribution is -2.44. The zero-order valence-corrected chi connectivity index (χ0v) is 16.5. The van der Waals surface area contributed by atoms with E-state index in [4.69, 9.17) is 0 Å². The Kier molecular flexibility index (Phi) is 4.80. The minimum Gasteiger partial charge on any atom is -0.351 e. The second kappa shape index (κ2) is 6.76. The summed E-state index contributed by atoms with van der Waals surface area (Å²) in [4.78, 5) is 29.8. The van der Waals surface area contributed by atoms with Gasteiger partial charge >= 0.3 is 0 Å². The van der Waals surface area contributed by atoms with Crippen molar-refractivity contribution < 1.29 is 4.79 Å². The van der Waals surface area contributed by atoms with Gasteiger partial charge in [-0.25, -0.2) is 4.98 Å². The molecule has 3 rings (SSSR count). The van der Waals surface area contributed by atoms with Gasteiger partial charge in [-0.15, -0.1) is 0 Å². The minimum atomic E-state index is -0.356. The van der Waals surface area contributed by atoms with Crippen LogP contribution in [0.25, 0.3) is 21.7 Å². The molecule has 0 unspecified atom stereocenters. The van der Waals surface area contributed by atoms with Gasteiger partial charge in [-0.3, -0.25) is 14.2 Å². The van der Waals surface area contributed by atoms with Gasteiger partial charge in [0.25, 0.3) is 5.56 Å². The van der Waals surface area contributed by atoms with Gasteiger partial charge in [0.1, 0.15) is 0 Å². The van der Waals surface area contributed by atoms with Crippen LogP contribution in [-0.2, 0) is 11.8 Å². The van der Waals surface area contributed by atoms with E-state index in [2.05, 4.69) is 10.3 Å². The van der Waals surface area contributed by atoms with E-state index >= 15 is 0 Å². The van der Waals surface area contributed by atoms with E-state index < -0.39 is 0 Å². The van der Waals surface area contributed by atoms with E-state index in [0.29, 0.717) is 16.1 Å². The van der Waals surface area contributed by atoms with E-state index in [1.54, 1.807) is 7.05 Å². The van der Waals surface area contributed by atoms with Gasteiger partial charge < -0.3 is 5.32 Å². The van der Waals surface area contributed by atoms with Crippen LogP contribution in [0.1, 0.15) is 27.7 Å². The molecule has 26 heavy (non-hydrogen) atoms. The van der Waals surface area contributed by atoms with Crippen LogP contribution in [-0.4, -0.2) is 26.2 Å². The van der Waals surface area contributed by atoms with Crippen molar-refractivity contribution in [3.63, 3.8) is 0 Å². The molecule has 0 aliphatic carbocycles. The molecule has 0 spiro atoms. The molecule has 136 valence electrons. The monoisotopic (exact) mass is 369 g/mol. The third-order valence-electron chi connectivity index (χ3n) is 4.05. The highest BCUT2D eigenvalue weighted by Crippen LogP contribution is 2.25. The molecule has 1 aromatic heterocycles. The summed E-state index contributed by atoms with van der Waals surface area (Å²) in [5, 5.41) is 5.77. The summed E-state index contributed by atoms with van der Waals surface area (Å²) in [5.41, 5.74) is 0.248. The molecule has 6 heteroatoms. The fourth-order valence-electron chi connectivity index (χ4n) is 2.73. The summed E-state index contributed by atoms with van der Waals surface area (Å²) < 4.78 is 1.52. The molecule has 3 aromatic rings. The van der Waals surface area contributed by atoms with E-state index in [1.807, 2.05) is 64.1 Å². The highest BCUT2D eigenvalue weighted by molar-refractivity contribution is 8.00. The molecule has 0 aliphatic rings. The normalized spacial score (nSPS) is 13.1. The number of nitrogens with one attached hydrogen (secondary N) is 1. The lowest BCUT2D eigenvalue weighted by atomic mass is 10.1. The summed E-state index contributed by atoms with van der Waals surface area (Å²) in [6, 6.07) is 11.7. The second-order valence-corrected chi connectivity index (χ2v) is 8.78. The van der Waals surface area contributed by atoms with Crippen LogP contribution in [0.3, 0.4) is 0 Å². The molecule has 0 saturated heterocycles. The molecule has 0 bridgehead atoms. The maximum absolute atomic E-state index is 12.8. The number of rotatable bonds is 3. The van der Waals surface area contributed by atoms with E-state index in [0.717, 1.165) is 10.8 Å². The van der Waals surface area contributed by atoms with Crippen LogP contribution in [0, 0.1) is 0 Å². The number of carbonyl (C=O) groups excluding carboxylic acids is 1. The molecule has 5 nitrogen and oxygen atoms in total. The first-order valence-electron chi connectivity index (χ1n) is 8.54. The van der Waals surface area contributed by atoms with E-state index in [1.165, 1.54) is 16.3 Å². The third-order valence-corrected chi connectivity index (χ3v) is 5.20. The molecule has 1 amide bonds. The predicted octanol–water partition coefficient (Wildman–Crippen LogP) is 3.48. The number of hydrogen-bond acceptors (Lipinski definition) is 4. The Hall–Kier alpha value is -2.34. The molecular weight excluding hydrogens is 346 g/mol. The predicted molar refractivity (Wildman–Crippen MR) is 108 cm³/mol. The Morgan fingerprint density at radius 2 is 1.81 bits per heavy atom. The topological polar surface area (TPSA) is 64.0 Å². The molecule has 1 N–H and O–H groups in total. The summed E-state index contributed by atoms with van der Waals surface area (Å²) in [5.74, 6) is -0.0737. The fourth-order valence-corrected chi connectivity index (χ4v) is 3.60. The number of hydrogen-bond donors (Lipinski definition) is 1. The fraction of sp³-hybridized carbons (Fsp3) is 0.350. The number of carbonyl (C=O) groups is 1. The minimum absolute atomic E-state index is 0.0737. The van der Waals surface area contributed by atoms with Crippen molar-refractivity contribution in [1.29, 1.82) is 0 Å². The SMILES string of the molecule is C[C@H](Sc1nc2cc3ccccc3cc2c(=O)n1C)C(=O)NC(C)(C)C. The van der Waals surface area contributed by atoms with Gasteiger partial charge in [0.05, 0.1) is 16.2 Å². The van der Waals surface area contributed by atoms with Crippen molar-refractivity contribution in [2.24, 2.45) is 7.05 Å². The number of amides is 1. The van der Waals surface area contributed by atoms with Gasteiger partial charge in [0.2, 0.25) is 5.91 Å². The molecule has 0 aliphatic heterocycles. The number of fused-ring (bicyclic) bond motifs is 2. The Balaban J connectivity index is 2.01. The molecule has 1 heterocycles. The number of nitrogens with zero attached hydrogens (tertiary/aromatic N) is 2. The average Bonchev–Trinajstić information content (AvgIpc) is 2.56. The van der Waals surface area contributed by atoms with Crippen LogP contribution in [0.15, 0.2) is 46.3 Å². The number of benzene rings is 2. The zero-order valence-electron chi connectivity index (χ0n) is 15.7. The first kappa shape index (κ1) is 18.5. The van der Waals surface area contributed by atoms with Crippen molar-refractivity contribution in [2.75, 3.05) is 0 Å². The van der Waals surface area contributed by atoms with Gasteiger partial charge in [-0.05, 0) is 50.6 Å². The van der Waals surface area contributed by atoms with Crippen LogP contribution < -0.4 is 10.9 Å². The van der Waals surface area contributed by atoms with Crippen LogP contribution >= 0.6 is 11.8 Å². The highest BCUT2D eigenvalue weighted by Gasteiger charge is 2.22. The first-order valence-corrected chi connectivity index (χ1v) is 9.42. The smallest absolute Gasteiger partial charge is 0.261 e. The number of thioether (sulfide) groups is 1. The van der Waals surface area contributed by atoms with Crippen molar-refractivity contribution in [1.82, 2.24) is 14.9 Å². The average molecular weight is 369 g/mol. The van der Waals surface area contributed by atoms with E-state index in [-0.39, 0.29) is 22.3 Å². The molecule has 0 radical (unpaired) electrons. The Labute approximate surface area is 156 Å². The Morgan fingerprint density at radius 1 is 1.19 bits per heavy atom. The van der Waals surface area contributed by atoms with Gasteiger partial charge in [-0.2, -0.15) is 0 Å². The summed E-state index contributed by atoms with van der Waals surface area (Å²) in [6.45, 7) is 7.65.